The first-order valence-electron chi connectivity index (χ1n) is 3.04. The van der Waals surface area contributed by atoms with Crippen molar-refractivity contribution in [2.24, 2.45) is 11.3 Å². The maximum absolute atomic E-state index is 2.44. The van der Waals surface area contributed by atoms with Crippen molar-refractivity contribution in [2.45, 2.75) is 27.7 Å². The van der Waals surface area contributed by atoms with E-state index in [9.17, 15) is 0 Å². The van der Waals surface area contributed by atoms with Crippen molar-refractivity contribution in [1.82, 2.24) is 0 Å². The summed E-state index contributed by atoms with van der Waals surface area (Å²) in [7, 11) is 0. The molecule has 0 aromatic heterocycles. The van der Waals surface area contributed by atoms with Crippen molar-refractivity contribution in [3.8, 4) is 0 Å². The van der Waals surface area contributed by atoms with Gasteiger partial charge in [-0.05, 0) is 11.3 Å². The van der Waals surface area contributed by atoms with Crippen molar-refractivity contribution in [2.75, 3.05) is 4.43 Å². The molecular formula is C7H15I. The molecule has 1 heteroatoms. The van der Waals surface area contributed by atoms with Gasteiger partial charge in [0, 0.05) is 4.43 Å². The normalized spacial score (nSPS) is 16.1. The molecule has 0 radical (unpaired) electrons. The Morgan fingerprint density at radius 1 is 1.38 bits per heavy atom. The van der Waals surface area contributed by atoms with Gasteiger partial charge in [0.2, 0.25) is 0 Å². The lowest BCUT2D eigenvalue weighted by Gasteiger charge is -2.24. The van der Waals surface area contributed by atoms with Crippen molar-refractivity contribution in [3.63, 3.8) is 0 Å². The van der Waals surface area contributed by atoms with Gasteiger partial charge in [-0.3, -0.25) is 0 Å². The lowest BCUT2D eigenvalue weighted by molar-refractivity contribution is 0.292. The van der Waals surface area contributed by atoms with Crippen molar-refractivity contribution in [1.29, 1.82) is 0 Å². The summed E-state index contributed by atoms with van der Waals surface area (Å²) in [5.74, 6) is 0.836. The third-order valence-corrected chi connectivity index (χ3v) is 3.03. The van der Waals surface area contributed by atoms with E-state index in [1.165, 1.54) is 4.43 Å². The molecule has 0 saturated carbocycles. The summed E-state index contributed by atoms with van der Waals surface area (Å²) in [4.78, 5) is 0. The summed E-state index contributed by atoms with van der Waals surface area (Å²) in [5.41, 5.74) is 0.501. The van der Waals surface area contributed by atoms with Crippen molar-refractivity contribution < 1.29 is 0 Å². The quantitative estimate of drug-likeness (QED) is 0.476. The molecule has 0 rings (SSSR count). The molecule has 0 amide bonds. The predicted molar refractivity (Wildman–Crippen MR) is 47.5 cm³/mol. The number of hydrogen-bond acceptors (Lipinski definition) is 0. The zero-order chi connectivity index (χ0) is 6.78. The van der Waals surface area contributed by atoms with E-state index in [0.29, 0.717) is 5.41 Å². The second kappa shape index (κ2) is 3.04. The van der Waals surface area contributed by atoms with Gasteiger partial charge < -0.3 is 0 Å². The van der Waals surface area contributed by atoms with E-state index in [4.69, 9.17) is 0 Å². The van der Waals surface area contributed by atoms with Gasteiger partial charge in [0.25, 0.3) is 0 Å². The van der Waals surface area contributed by atoms with Crippen LogP contribution in [0.5, 0.6) is 0 Å². The molecule has 0 aromatic rings. The van der Waals surface area contributed by atoms with E-state index in [2.05, 4.69) is 50.3 Å². The largest absolute Gasteiger partial charge is 0.0861 e. The van der Waals surface area contributed by atoms with Crippen LogP contribution < -0.4 is 0 Å². The summed E-state index contributed by atoms with van der Waals surface area (Å²) in [5, 5.41) is 0. The molecule has 0 aromatic carbocycles. The standard InChI is InChI=1S/C7H15I/c1-6(5-8)7(2,3)4/h6H,5H2,1-4H3. The van der Waals surface area contributed by atoms with Crippen LogP contribution in [0.3, 0.4) is 0 Å². The maximum Gasteiger partial charge on any atom is 0.00260 e. The third kappa shape index (κ3) is 2.90. The van der Waals surface area contributed by atoms with Crippen LogP contribution in [0, 0.1) is 11.3 Å². The molecule has 0 heterocycles. The minimum atomic E-state index is 0.501. The average molecular weight is 226 g/mol. The number of hydrogen-bond donors (Lipinski definition) is 0. The molecule has 0 aliphatic heterocycles. The topological polar surface area (TPSA) is 0 Å². The Hall–Kier alpha value is 0.730. The van der Waals surface area contributed by atoms with Crippen LogP contribution in [0.4, 0.5) is 0 Å². The second-order valence-corrected chi connectivity index (χ2v) is 4.30. The molecule has 0 spiro atoms. The van der Waals surface area contributed by atoms with Gasteiger partial charge >= 0.3 is 0 Å². The molecular weight excluding hydrogens is 211 g/mol. The number of alkyl halides is 1. The molecule has 0 fully saturated rings. The van der Waals surface area contributed by atoms with Crippen molar-refractivity contribution in [3.05, 3.63) is 0 Å². The van der Waals surface area contributed by atoms with Gasteiger partial charge in [-0.25, -0.2) is 0 Å². The second-order valence-electron chi connectivity index (χ2n) is 3.42. The third-order valence-electron chi connectivity index (χ3n) is 1.71. The van der Waals surface area contributed by atoms with Crippen LogP contribution in [0.15, 0.2) is 0 Å². The van der Waals surface area contributed by atoms with E-state index in [1.54, 1.807) is 0 Å². The van der Waals surface area contributed by atoms with Crippen LogP contribution in [-0.4, -0.2) is 4.43 Å². The molecule has 1 atom stereocenters. The van der Waals surface area contributed by atoms with Crippen LogP contribution in [0.1, 0.15) is 27.7 Å². The Morgan fingerprint density at radius 2 is 1.75 bits per heavy atom. The number of rotatable bonds is 1. The van der Waals surface area contributed by atoms with Crippen LogP contribution in [0.2, 0.25) is 0 Å². The minimum absolute atomic E-state index is 0.501. The Bertz CT molecular complexity index is 61.3. The van der Waals surface area contributed by atoms with Gasteiger partial charge in [-0.15, -0.1) is 0 Å². The van der Waals surface area contributed by atoms with E-state index < -0.39 is 0 Å². The zero-order valence-electron chi connectivity index (χ0n) is 6.16. The Kier molecular flexibility index (Phi) is 3.32. The maximum atomic E-state index is 2.44. The number of halogens is 1. The summed E-state index contributed by atoms with van der Waals surface area (Å²) in [6, 6.07) is 0. The highest BCUT2D eigenvalue weighted by atomic mass is 127. The van der Waals surface area contributed by atoms with E-state index >= 15 is 0 Å². The molecule has 0 aliphatic carbocycles. The SMILES string of the molecule is CC(CI)C(C)(C)C. The average Bonchev–Trinajstić information content (AvgIpc) is 1.62. The predicted octanol–water partition coefficient (Wildman–Crippen LogP) is 3.10. The van der Waals surface area contributed by atoms with Crippen molar-refractivity contribution >= 4 is 22.6 Å². The summed E-state index contributed by atoms with van der Waals surface area (Å²) >= 11 is 2.44. The lowest BCUT2D eigenvalue weighted by Crippen LogP contribution is -2.17. The van der Waals surface area contributed by atoms with Gasteiger partial charge in [0.15, 0.2) is 0 Å². The summed E-state index contributed by atoms with van der Waals surface area (Å²) in [6.07, 6.45) is 0. The smallest absolute Gasteiger partial charge is 0.00260 e. The molecule has 0 nitrogen and oxygen atoms in total. The fourth-order valence-corrected chi connectivity index (χ4v) is 1.55. The highest BCUT2D eigenvalue weighted by molar-refractivity contribution is 14.1. The van der Waals surface area contributed by atoms with E-state index in [0.717, 1.165) is 5.92 Å². The van der Waals surface area contributed by atoms with Crippen LogP contribution >= 0.6 is 22.6 Å². The molecule has 50 valence electrons. The minimum Gasteiger partial charge on any atom is -0.0861 e. The first kappa shape index (κ1) is 8.73. The lowest BCUT2D eigenvalue weighted by atomic mass is 9.84. The Morgan fingerprint density at radius 3 is 1.75 bits per heavy atom. The first-order valence-corrected chi connectivity index (χ1v) is 4.57. The van der Waals surface area contributed by atoms with Gasteiger partial charge in [-0.2, -0.15) is 0 Å². The molecule has 8 heavy (non-hydrogen) atoms. The summed E-state index contributed by atoms with van der Waals surface area (Å²) < 4.78 is 1.27. The highest BCUT2D eigenvalue weighted by Gasteiger charge is 2.17. The Balaban J connectivity index is 3.62. The van der Waals surface area contributed by atoms with Crippen LogP contribution in [-0.2, 0) is 0 Å². The molecule has 1 unspecified atom stereocenters. The zero-order valence-corrected chi connectivity index (χ0v) is 8.32. The molecule has 0 aliphatic rings. The highest BCUT2D eigenvalue weighted by Crippen LogP contribution is 2.26. The fourth-order valence-electron chi connectivity index (χ4n) is 0.231. The fraction of sp³-hybridized carbons (Fsp3) is 1.00. The monoisotopic (exact) mass is 226 g/mol. The van der Waals surface area contributed by atoms with Gasteiger partial charge in [0.05, 0.1) is 0 Å². The van der Waals surface area contributed by atoms with E-state index in [1.807, 2.05) is 0 Å². The van der Waals surface area contributed by atoms with Crippen LogP contribution in [0.25, 0.3) is 0 Å². The van der Waals surface area contributed by atoms with Gasteiger partial charge in [-0.1, -0.05) is 50.3 Å². The first-order chi connectivity index (χ1) is 3.48. The summed E-state index contributed by atoms with van der Waals surface area (Å²) in [6.45, 7) is 9.16. The molecule has 0 saturated heterocycles. The molecule has 0 bridgehead atoms. The van der Waals surface area contributed by atoms with Gasteiger partial charge in [0.1, 0.15) is 0 Å². The van der Waals surface area contributed by atoms with E-state index in [-0.39, 0.29) is 0 Å². The Labute approximate surface area is 66.2 Å². The molecule has 0 N–H and O–H groups in total.